The van der Waals surface area contributed by atoms with E-state index < -0.39 is 0 Å². The largest absolute Gasteiger partial charge is 0.340 e. The van der Waals surface area contributed by atoms with Crippen LogP contribution >= 0.6 is 0 Å². The lowest BCUT2D eigenvalue weighted by atomic mass is 9.98. The molecule has 0 radical (unpaired) electrons. The third kappa shape index (κ3) is 4.13. The van der Waals surface area contributed by atoms with Gasteiger partial charge in [-0.2, -0.15) is 4.98 Å². The molecule has 4 rings (SSSR count). The monoisotopic (exact) mass is 364 g/mol. The van der Waals surface area contributed by atoms with Crippen LogP contribution in [0.25, 0.3) is 11.3 Å². The zero-order valence-electron chi connectivity index (χ0n) is 15.7. The predicted octanol–water partition coefficient (Wildman–Crippen LogP) is 3.50. The van der Waals surface area contributed by atoms with Crippen LogP contribution in [0.1, 0.15) is 44.3 Å². The van der Waals surface area contributed by atoms with E-state index in [-0.39, 0.29) is 5.92 Å². The minimum Gasteiger partial charge on any atom is -0.340 e. The summed E-state index contributed by atoms with van der Waals surface area (Å²) in [6, 6.07) is 5.84. The summed E-state index contributed by atoms with van der Waals surface area (Å²) < 4.78 is 5.55. The molecule has 140 valence electrons. The summed E-state index contributed by atoms with van der Waals surface area (Å²) in [6.45, 7) is 6.04. The first-order valence-corrected chi connectivity index (χ1v) is 9.50. The van der Waals surface area contributed by atoms with Gasteiger partial charge in [-0.25, -0.2) is 9.97 Å². The van der Waals surface area contributed by atoms with Gasteiger partial charge in [0.2, 0.25) is 11.8 Å². The van der Waals surface area contributed by atoms with Crippen molar-refractivity contribution in [3.05, 3.63) is 48.5 Å². The quantitative estimate of drug-likeness (QED) is 0.685. The van der Waals surface area contributed by atoms with Crippen molar-refractivity contribution in [3.63, 3.8) is 0 Å². The standard InChI is InChI=1S/C20H24N6O/c1-14(2)11-18-24-19(27-25-18)16-6-4-10-26(13-16)20-22-9-7-17(23-20)15-5-3-8-21-12-15/h3,5,7-9,12,14,16H,4,6,10-11,13H2,1-2H3/t16-/m0/s1. The second-order valence-electron chi connectivity index (χ2n) is 7.42. The first kappa shape index (κ1) is 17.6. The molecule has 4 heterocycles. The molecule has 1 aliphatic rings. The van der Waals surface area contributed by atoms with Crippen LogP contribution in [-0.2, 0) is 6.42 Å². The fourth-order valence-electron chi connectivity index (χ4n) is 3.42. The third-order valence-corrected chi connectivity index (χ3v) is 4.73. The highest BCUT2D eigenvalue weighted by atomic mass is 16.5. The average Bonchev–Trinajstić information content (AvgIpc) is 3.17. The molecule has 0 aliphatic carbocycles. The number of aromatic nitrogens is 5. The van der Waals surface area contributed by atoms with Crippen LogP contribution in [0, 0.1) is 5.92 Å². The maximum Gasteiger partial charge on any atom is 0.231 e. The molecule has 0 unspecified atom stereocenters. The number of rotatable bonds is 5. The van der Waals surface area contributed by atoms with Crippen molar-refractivity contribution in [2.24, 2.45) is 5.92 Å². The van der Waals surface area contributed by atoms with E-state index >= 15 is 0 Å². The molecule has 1 atom stereocenters. The van der Waals surface area contributed by atoms with Gasteiger partial charge in [-0.1, -0.05) is 19.0 Å². The van der Waals surface area contributed by atoms with Crippen LogP contribution < -0.4 is 4.90 Å². The Morgan fingerprint density at radius 2 is 2.15 bits per heavy atom. The van der Waals surface area contributed by atoms with E-state index in [0.29, 0.717) is 5.92 Å². The van der Waals surface area contributed by atoms with Crippen molar-refractivity contribution in [1.82, 2.24) is 25.1 Å². The van der Waals surface area contributed by atoms with E-state index in [1.54, 1.807) is 6.20 Å². The second-order valence-corrected chi connectivity index (χ2v) is 7.42. The Morgan fingerprint density at radius 1 is 1.22 bits per heavy atom. The number of pyridine rings is 1. The summed E-state index contributed by atoms with van der Waals surface area (Å²) in [4.78, 5) is 20.2. The van der Waals surface area contributed by atoms with Crippen molar-refractivity contribution in [2.45, 2.75) is 39.0 Å². The molecule has 0 spiro atoms. The Bertz CT molecular complexity index is 879. The van der Waals surface area contributed by atoms with Gasteiger partial charge in [0.1, 0.15) is 0 Å². The molecule has 0 amide bonds. The molecule has 7 nitrogen and oxygen atoms in total. The van der Waals surface area contributed by atoms with Gasteiger partial charge in [0.15, 0.2) is 5.82 Å². The van der Waals surface area contributed by atoms with Crippen molar-refractivity contribution >= 4 is 5.95 Å². The van der Waals surface area contributed by atoms with Gasteiger partial charge >= 0.3 is 0 Å². The highest BCUT2D eigenvalue weighted by Gasteiger charge is 2.27. The van der Waals surface area contributed by atoms with Gasteiger partial charge in [-0.05, 0) is 37.0 Å². The van der Waals surface area contributed by atoms with Crippen LogP contribution in [0.3, 0.4) is 0 Å². The van der Waals surface area contributed by atoms with E-state index in [2.05, 4.69) is 38.9 Å². The maximum atomic E-state index is 5.55. The summed E-state index contributed by atoms with van der Waals surface area (Å²) in [5.74, 6) is 3.01. The fourth-order valence-corrected chi connectivity index (χ4v) is 3.42. The van der Waals surface area contributed by atoms with Crippen LogP contribution in [0.2, 0.25) is 0 Å². The van der Waals surface area contributed by atoms with E-state index in [0.717, 1.165) is 61.3 Å². The van der Waals surface area contributed by atoms with Gasteiger partial charge in [-0.15, -0.1) is 0 Å². The van der Waals surface area contributed by atoms with Crippen LogP contribution in [-0.4, -0.2) is 38.2 Å². The summed E-state index contributed by atoms with van der Waals surface area (Å²) in [5.41, 5.74) is 1.87. The van der Waals surface area contributed by atoms with Gasteiger partial charge in [0.05, 0.1) is 11.6 Å². The zero-order valence-corrected chi connectivity index (χ0v) is 15.7. The fraction of sp³-hybridized carbons (Fsp3) is 0.450. The summed E-state index contributed by atoms with van der Waals surface area (Å²) >= 11 is 0. The van der Waals surface area contributed by atoms with Crippen molar-refractivity contribution < 1.29 is 4.52 Å². The molecule has 3 aromatic rings. The molecule has 1 aliphatic heterocycles. The summed E-state index contributed by atoms with van der Waals surface area (Å²) in [7, 11) is 0. The van der Waals surface area contributed by atoms with Gasteiger partial charge < -0.3 is 9.42 Å². The van der Waals surface area contributed by atoms with E-state index in [1.165, 1.54) is 0 Å². The Morgan fingerprint density at radius 3 is 2.96 bits per heavy atom. The highest BCUT2D eigenvalue weighted by molar-refractivity contribution is 5.58. The highest BCUT2D eigenvalue weighted by Crippen LogP contribution is 2.28. The molecule has 0 saturated carbocycles. The predicted molar refractivity (Wildman–Crippen MR) is 102 cm³/mol. The van der Waals surface area contributed by atoms with E-state index in [4.69, 9.17) is 9.51 Å². The van der Waals surface area contributed by atoms with Gasteiger partial charge in [0, 0.05) is 43.7 Å². The van der Waals surface area contributed by atoms with E-state index in [1.807, 2.05) is 30.6 Å². The average molecular weight is 364 g/mol. The zero-order chi connectivity index (χ0) is 18.6. The topological polar surface area (TPSA) is 80.8 Å². The van der Waals surface area contributed by atoms with Crippen LogP contribution in [0.5, 0.6) is 0 Å². The van der Waals surface area contributed by atoms with Crippen LogP contribution in [0.15, 0.2) is 41.3 Å². The Kier molecular flexibility index (Phi) is 5.09. The number of piperidine rings is 1. The second kappa shape index (κ2) is 7.82. The third-order valence-electron chi connectivity index (χ3n) is 4.73. The van der Waals surface area contributed by atoms with Crippen LogP contribution in [0.4, 0.5) is 5.95 Å². The molecular formula is C20H24N6O. The Labute approximate surface area is 158 Å². The molecule has 7 heteroatoms. The molecule has 1 fully saturated rings. The lowest BCUT2D eigenvalue weighted by Crippen LogP contribution is -2.35. The molecule has 0 bridgehead atoms. The van der Waals surface area contributed by atoms with Gasteiger partial charge in [0.25, 0.3) is 0 Å². The Hall–Kier alpha value is -2.83. The van der Waals surface area contributed by atoms with Crippen molar-refractivity contribution in [2.75, 3.05) is 18.0 Å². The first-order chi connectivity index (χ1) is 13.2. The normalized spacial score (nSPS) is 17.4. The lowest BCUT2D eigenvalue weighted by molar-refractivity contribution is 0.329. The maximum absolute atomic E-state index is 5.55. The molecule has 0 N–H and O–H groups in total. The minimum atomic E-state index is 0.220. The SMILES string of the molecule is CC(C)Cc1noc([C@H]2CCCN(c3nccc(-c4cccnc4)n3)C2)n1. The van der Waals surface area contributed by atoms with Crippen molar-refractivity contribution in [3.8, 4) is 11.3 Å². The number of nitrogens with zero attached hydrogens (tertiary/aromatic N) is 6. The lowest BCUT2D eigenvalue weighted by Gasteiger charge is -2.31. The number of hydrogen-bond donors (Lipinski definition) is 0. The molecule has 1 saturated heterocycles. The molecule has 0 aromatic carbocycles. The smallest absolute Gasteiger partial charge is 0.231 e. The summed E-state index contributed by atoms with van der Waals surface area (Å²) in [6.07, 6.45) is 8.33. The number of hydrogen-bond acceptors (Lipinski definition) is 7. The molecule has 27 heavy (non-hydrogen) atoms. The Balaban J connectivity index is 1.51. The number of anilines is 1. The van der Waals surface area contributed by atoms with Crippen molar-refractivity contribution in [1.29, 1.82) is 0 Å². The molecular weight excluding hydrogens is 340 g/mol. The van der Waals surface area contributed by atoms with Gasteiger partial charge in [-0.3, -0.25) is 4.98 Å². The summed E-state index contributed by atoms with van der Waals surface area (Å²) in [5, 5.41) is 4.14. The minimum absolute atomic E-state index is 0.220. The van der Waals surface area contributed by atoms with E-state index in [9.17, 15) is 0 Å². The first-order valence-electron chi connectivity index (χ1n) is 9.50. The molecule has 3 aromatic heterocycles.